The first-order valence-corrected chi connectivity index (χ1v) is 12.9. The fraction of sp³-hybridized carbons (Fsp3) is 0.129. The Morgan fingerprint density at radius 2 is 1.88 bits per heavy atom. The van der Waals surface area contributed by atoms with Gasteiger partial charge in [0.2, 0.25) is 0 Å². The van der Waals surface area contributed by atoms with Gasteiger partial charge in [0, 0.05) is 48.7 Å². The third-order valence-electron chi connectivity index (χ3n) is 6.37. The topological polar surface area (TPSA) is 128 Å². The number of imidazole rings is 2. The van der Waals surface area contributed by atoms with Crippen molar-refractivity contribution < 1.29 is 9.59 Å². The fourth-order valence-corrected chi connectivity index (χ4v) is 4.33. The van der Waals surface area contributed by atoms with Crippen molar-refractivity contribution in [2.45, 2.75) is 18.9 Å². The average molecular weight is 532 g/mol. The predicted octanol–water partition coefficient (Wildman–Crippen LogP) is 4.50. The molecule has 1 atom stereocenters. The van der Waals surface area contributed by atoms with Crippen molar-refractivity contribution in [1.29, 1.82) is 0 Å². The number of rotatable bonds is 7. The van der Waals surface area contributed by atoms with Crippen molar-refractivity contribution in [3.8, 4) is 11.5 Å². The molecule has 3 heterocycles. The van der Waals surface area contributed by atoms with Crippen molar-refractivity contribution in [2.75, 3.05) is 12.4 Å². The number of carbonyl (C=O) groups excluding carboxylic acids is 2. The molecule has 5 aromatic rings. The molecule has 2 aromatic carbocycles. The van der Waals surface area contributed by atoms with Gasteiger partial charge in [-0.25, -0.2) is 9.97 Å². The van der Waals surface area contributed by atoms with Crippen LogP contribution in [0.3, 0.4) is 0 Å². The van der Waals surface area contributed by atoms with E-state index in [4.69, 9.17) is 4.98 Å². The molecule has 0 saturated heterocycles. The van der Waals surface area contributed by atoms with Gasteiger partial charge in [-0.05, 0) is 29.5 Å². The zero-order valence-corrected chi connectivity index (χ0v) is 22.0. The Kier molecular flexibility index (Phi) is 8.21. The third kappa shape index (κ3) is 6.39. The minimum Gasteiger partial charge on any atom is -0.359 e. The summed E-state index contributed by atoms with van der Waals surface area (Å²) in [6.45, 7) is 0. The van der Waals surface area contributed by atoms with E-state index in [1.807, 2.05) is 80.0 Å². The number of nitrogens with one attached hydrogen (secondary N) is 4. The number of aromatic nitrogens is 5. The van der Waals surface area contributed by atoms with Crippen LogP contribution in [0.2, 0.25) is 0 Å². The quantitative estimate of drug-likeness (QED) is 0.229. The van der Waals surface area contributed by atoms with Gasteiger partial charge in [-0.3, -0.25) is 9.78 Å². The molecule has 1 unspecified atom stereocenters. The van der Waals surface area contributed by atoms with Crippen LogP contribution in [0.4, 0.5) is 5.95 Å². The van der Waals surface area contributed by atoms with Crippen LogP contribution in [0.1, 0.15) is 17.0 Å². The maximum absolute atomic E-state index is 12.9. The number of fused-ring (bicyclic) bond motifs is 2. The Labute approximate surface area is 231 Å². The van der Waals surface area contributed by atoms with Gasteiger partial charge in [-0.2, -0.15) is 0 Å². The Balaban J connectivity index is 0.000000403. The van der Waals surface area contributed by atoms with E-state index in [2.05, 4.69) is 30.6 Å². The number of benzene rings is 2. The molecular formula is C31H29N7O2. The third-order valence-corrected chi connectivity index (χ3v) is 6.37. The molecule has 4 N–H and O–H groups in total. The highest BCUT2D eigenvalue weighted by Crippen LogP contribution is 2.24. The zero-order valence-electron chi connectivity index (χ0n) is 22.0. The zero-order chi connectivity index (χ0) is 27.7. The molecule has 9 nitrogen and oxygen atoms in total. The number of hydrogen-bond donors (Lipinski definition) is 4. The number of nitrogens with zero attached hydrogens (tertiary/aromatic N) is 3. The van der Waals surface area contributed by atoms with Crippen molar-refractivity contribution in [2.24, 2.45) is 0 Å². The molecule has 200 valence electrons. The highest BCUT2D eigenvalue weighted by atomic mass is 16.2. The number of anilines is 1. The summed E-state index contributed by atoms with van der Waals surface area (Å²) in [5.41, 5.74) is 3.80. The van der Waals surface area contributed by atoms with Crippen LogP contribution in [0, 0.1) is 0 Å². The number of hydrogen-bond acceptors (Lipinski definition) is 6. The average Bonchev–Trinajstić information content (AvgIpc) is 3.63. The second-order valence-electron chi connectivity index (χ2n) is 9.17. The van der Waals surface area contributed by atoms with Gasteiger partial charge < -0.3 is 25.4 Å². The fourth-order valence-electron chi connectivity index (χ4n) is 4.33. The summed E-state index contributed by atoms with van der Waals surface area (Å²) in [5.74, 6) is 1.16. The van der Waals surface area contributed by atoms with E-state index < -0.39 is 6.04 Å². The molecule has 6 rings (SSSR count). The summed E-state index contributed by atoms with van der Waals surface area (Å²) >= 11 is 0. The van der Waals surface area contributed by atoms with Crippen molar-refractivity contribution in [1.82, 2.24) is 30.2 Å². The normalized spacial score (nSPS) is 12.8. The monoisotopic (exact) mass is 531 g/mol. The lowest BCUT2D eigenvalue weighted by molar-refractivity contribution is -0.120. The van der Waals surface area contributed by atoms with Gasteiger partial charge in [0.1, 0.15) is 12.0 Å². The SMILES string of the molecule is CNc1ncc[nH]1.O=CC(Cc1ccccc1)NC(=O)C1=Cc2nc(-c3cc4ccccc4cn3)[nH]c2CC=C1. The van der Waals surface area contributed by atoms with E-state index in [9.17, 15) is 9.59 Å². The maximum atomic E-state index is 12.9. The number of aldehydes is 1. The molecule has 0 spiro atoms. The molecular weight excluding hydrogens is 502 g/mol. The highest BCUT2D eigenvalue weighted by molar-refractivity contribution is 6.02. The number of amides is 1. The molecule has 0 radical (unpaired) electrons. The van der Waals surface area contributed by atoms with Crippen LogP contribution >= 0.6 is 0 Å². The maximum Gasteiger partial charge on any atom is 0.251 e. The number of pyridine rings is 1. The van der Waals surface area contributed by atoms with Crippen molar-refractivity contribution in [3.63, 3.8) is 0 Å². The molecule has 9 heteroatoms. The second kappa shape index (κ2) is 12.5. The summed E-state index contributed by atoms with van der Waals surface area (Å²) in [5, 5.41) is 7.82. The molecule has 40 heavy (non-hydrogen) atoms. The largest absolute Gasteiger partial charge is 0.359 e. The van der Waals surface area contributed by atoms with Crippen LogP contribution in [0.25, 0.3) is 28.4 Å². The van der Waals surface area contributed by atoms with Crippen LogP contribution in [0.5, 0.6) is 0 Å². The highest BCUT2D eigenvalue weighted by Gasteiger charge is 2.18. The van der Waals surface area contributed by atoms with Gasteiger partial charge >= 0.3 is 0 Å². The van der Waals surface area contributed by atoms with E-state index in [0.717, 1.165) is 40.0 Å². The lowest BCUT2D eigenvalue weighted by atomic mass is 10.1. The first kappa shape index (κ1) is 26.3. The molecule has 0 fully saturated rings. The lowest BCUT2D eigenvalue weighted by Crippen LogP contribution is -2.38. The van der Waals surface area contributed by atoms with Gasteiger partial charge in [0.25, 0.3) is 5.91 Å². The molecule has 0 saturated carbocycles. The standard InChI is InChI=1S/C27H22N4O2.C4H7N3/c32-17-22(13-18-7-2-1-3-8-18)29-27(33)20-11-6-12-23-24(15-20)31-26(30-23)25-14-19-9-4-5-10-21(19)16-28-25;1-5-4-6-2-3-7-4/h1-11,14-17,22H,12-13H2,(H,29,33)(H,30,31);2-3H,1H3,(H2,5,6,7). The van der Waals surface area contributed by atoms with Crippen LogP contribution < -0.4 is 10.6 Å². The van der Waals surface area contributed by atoms with Crippen LogP contribution in [-0.4, -0.2) is 50.2 Å². The molecule has 0 bridgehead atoms. The van der Waals surface area contributed by atoms with E-state index in [1.165, 1.54) is 0 Å². The summed E-state index contributed by atoms with van der Waals surface area (Å²) in [6.07, 6.45) is 12.6. The summed E-state index contributed by atoms with van der Waals surface area (Å²) < 4.78 is 0. The smallest absolute Gasteiger partial charge is 0.251 e. The summed E-state index contributed by atoms with van der Waals surface area (Å²) in [6, 6.07) is 19.1. The molecule has 1 aliphatic carbocycles. The van der Waals surface area contributed by atoms with E-state index in [0.29, 0.717) is 29.9 Å². The Morgan fingerprint density at radius 1 is 1.07 bits per heavy atom. The van der Waals surface area contributed by atoms with Crippen molar-refractivity contribution in [3.05, 3.63) is 114 Å². The lowest BCUT2D eigenvalue weighted by Gasteiger charge is -2.13. The number of allylic oxidation sites excluding steroid dienone is 1. The van der Waals surface area contributed by atoms with E-state index in [-0.39, 0.29) is 5.91 Å². The molecule has 1 aliphatic rings. The Morgan fingerprint density at radius 3 is 2.60 bits per heavy atom. The number of aromatic amines is 2. The van der Waals surface area contributed by atoms with E-state index >= 15 is 0 Å². The van der Waals surface area contributed by atoms with Crippen LogP contribution in [0.15, 0.2) is 97.0 Å². The van der Waals surface area contributed by atoms with Gasteiger partial charge in [-0.1, -0.05) is 66.7 Å². The van der Waals surface area contributed by atoms with Crippen LogP contribution in [-0.2, 0) is 22.4 Å². The Hall–Kier alpha value is -5.31. The minimum atomic E-state index is -0.603. The minimum absolute atomic E-state index is 0.305. The molecule has 3 aromatic heterocycles. The van der Waals surface area contributed by atoms with Gasteiger partial charge in [0.15, 0.2) is 11.8 Å². The number of H-pyrrole nitrogens is 2. The number of carbonyl (C=O) groups is 2. The molecule has 0 aliphatic heterocycles. The van der Waals surface area contributed by atoms with Crippen molar-refractivity contribution >= 4 is 35.0 Å². The first-order valence-electron chi connectivity index (χ1n) is 12.9. The second-order valence-corrected chi connectivity index (χ2v) is 9.17. The van der Waals surface area contributed by atoms with Gasteiger partial charge in [-0.15, -0.1) is 0 Å². The predicted molar refractivity (Wildman–Crippen MR) is 156 cm³/mol. The molecule has 1 amide bonds. The Bertz CT molecular complexity index is 1650. The first-order chi connectivity index (χ1) is 19.6. The summed E-state index contributed by atoms with van der Waals surface area (Å²) in [7, 11) is 1.82. The summed E-state index contributed by atoms with van der Waals surface area (Å²) in [4.78, 5) is 43.8. The van der Waals surface area contributed by atoms with E-state index in [1.54, 1.807) is 24.5 Å². The van der Waals surface area contributed by atoms with Gasteiger partial charge in [0.05, 0.1) is 11.7 Å².